The number of benzene rings is 2. The maximum Gasteiger partial charge on any atom is 0.235 e. The molecule has 6 atom stereocenters. The van der Waals surface area contributed by atoms with Crippen molar-refractivity contribution in [1.29, 1.82) is 0 Å². The molecule has 2 aromatic carbocycles. The minimum Gasteiger partial charge on any atom is -0.507 e. The van der Waals surface area contributed by atoms with Crippen LogP contribution < -0.4 is 5.73 Å². The van der Waals surface area contributed by atoms with Crippen molar-refractivity contribution in [3.05, 3.63) is 41.0 Å². The number of amides is 1. The number of phenolic OH excluding ortho intramolecular Hbond substituents is 1. The molecule has 1 saturated heterocycles. The number of rotatable bonds is 4. The highest BCUT2D eigenvalue weighted by atomic mass is 16.3. The maximum absolute atomic E-state index is 13.9. The third-order valence-corrected chi connectivity index (χ3v) is 9.28. The number of carbonyl (C=O) groups excluding carboxylic acids is 5. The van der Waals surface area contributed by atoms with Crippen molar-refractivity contribution >= 4 is 39.8 Å². The Kier molecular flexibility index (Phi) is 5.80. The maximum atomic E-state index is 13.9. The van der Waals surface area contributed by atoms with Gasteiger partial charge in [0, 0.05) is 17.8 Å². The lowest BCUT2D eigenvalue weighted by Gasteiger charge is -2.52. The van der Waals surface area contributed by atoms with Crippen LogP contribution >= 0.6 is 0 Å². The lowest BCUT2D eigenvalue weighted by molar-refractivity contribution is -0.181. The van der Waals surface area contributed by atoms with Gasteiger partial charge in [-0.2, -0.15) is 0 Å². The minimum absolute atomic E-state index is 0.0233. The van der Waals surface area contributed by atoms with Gasteiger partial charge in [-0.1, -0.05) is 18.2 Å². The first-order valence-electron chi connectivity index (χ1n) is 13.3. The Morgan fingerprint density at radius 3 is 2.46 bits per heavy atom. The van der Waals surface area contributed by atoms with E-state index in [1.807, 2.05) is 24.3 Å². The number of nitrogens with zero attached hydrogens (tertiary/aromatic N) is 2. The highest BCUT2D eigenvalue weighted by Gasteiger charge is 2.69. The Morgan fingerprint density at radius 2 is 1.85 bits per heavy atom. The minimum atomic E-state index is -2.71. The van der Waals surface area contributed by atoms with Gasteiger partial charge in [0.15, 0.2) is 34.7 Å². The number of hydrogen-bond acceptors (Lipinski definition) is 9. The van der Waals surface area contributed by atoms with Crippen molar-refractivity contribution in [3.63, 3.8) is 0 Å². The van der Waals surface area contributed by atoms with Crippen LogP contribution in [0.2, 0.25) is 0 Å². The van der Waals surface area contributed by atoms with Gasteiger partial charge in [-0.25, -0.2) is 0 Å². The molecule has 10 nitrogen and oxygen atoms in total. The molecule has 1 heterocycles. The molecule has 4 N–H and O–H groups in total. The summed E-state index contributed by atoms with van der Waals surface area (Å²) < 4.78 is 0. The number of Topliss-reactive ketones (excluding diaryl/α,β-unsaturated/α-hetero) is 4. The van der Waals surface area contributed by atoms with Gasteiger partial charge in [-0.15, -0.1) is 0 Å². The number of hydrogen-bond donors (Lipinski definition) is 3. The second-order valence-electron chi connectivity index (χ2n) is 11.7. The number of aliphatic hydroxyl groups is 1. The molecule has 2 saturated carbocycles. The van der Waals surface area contributed by atoms with Gasteiger partial charge in [0.05, 0.1) is 17.5 Å². The second kappa shape index (κ2) is 8.77. The summed E-state index contributed by atoms with van der Waals surface area (Å²) in [6.45, 7) is 2.75. The summed E-state index contributed by atoms with van der Waals surface area (Å²) in [5.74, 6) is -10.2. The van der Waals surface area contributed by atoms with Crippen molar-refractivity contribution in [2.75, 3.05) is 27.2 Å². The molecule has 2 aromatic rings. The Balaban J connectivity index is 1.44. The number of phenols is 1. The summed E-state index contributed by atoms with van der Waals surface area (Å²) in [5.41, 5.74) is 4.25. The molecule has 204 valence electrons. The fraction of sp³-hybridized carbons (Fsp3) is 0.483. The van der Waals surface area contributed by atoms with Crippen LogP contribution in [0.15, 0.2) is 24.3 Å². The van der Waals surface area contributed by atoms with Gasteiger partial charge < -0.3 is 15.9 Å². The van der Waals surface area contributed by atoms with E-state index in [-0.39, 0.29) is 24.2 Å². The number of likely N-dealkylation sites (tertiary alicyclic amines) is 1. The van der Waals surface area contributed by atoms with E-state index in [0.29, 0.717) is 10.9 Å². The summed E-state index contributed by atoms with van der Waals surface area (Å²) in [6.07, 6.45) is 1.44. The first-order valence-corrected chi connectivity index (χ1v) is 13.3. The summed E-state index contributed by atoms with van der Waals surface area (Å²) in [7, 11) is 3.13. The van der Waals surface area contributed by atoms with E-state index in [0.717, 1.165) is 37.0 Å². The van der Waals surface area contributed by atoms with Gasteiger partial charge in [0.1, 0.15) is 5.75 Å². The van der Waals surface area contributed by atoms with Gasteiger partial charge in [-0.05, 0) is 74.9 Å². The first-order chi connectivity index (χ1) is 18.4. The Labute approximate surface area is 224 Å². The third kappa shape index (κ3) is 3.54. The zero-order chi connectivity index (χ0) is 28.0. The fourth-order valence-corrected chi connectivity index (χ4v) is 7.32. The van der Waals surface area contributed by atoms with E-state index in [9.17, 15) is 34.2 Å². The van der Waals surface area contributed by atoms with Gasteiger partial charge >= 0.3 is 0 Å². The summed E-state index contributed by atoms with van der Waals surface area (Å²) in [4.78, 5) is 70.2. The smallest absolute Gasteiger partial charge is 0.235 e. The molecule has 0 spiro atoms. The van der Waals surface area contributed by atoms with Crippen LogP contribution in [0.3, 0.4) is 0 Å². The number of likely N-dealkylation sites (N-methyl/N-ethyl adjacent to an activating group) is 1. The van der Waals surface area contributed by atoms with Crippen LogP contribution in [-0.2, 0) is 32.1 Å². The molecule has 0 aromatic heterocycles. The van der Waals surface area contributed by atoms with Crippen LogP contribution in [0.4, 0.5) is 0 Å². The van der Waals surface area contributed by atoms with Crippen LogP contribution in [-0.4, -0.2) is 87.9 Å². The standard InChI is InChI=1S/C29H31N3O7/c1-31(2)22-18-11-16-10-15-9-14-5-4-13(12-32-6-3-7-32)8-17(14)23(33)19(15)24(34)20(16)26(36)29(18,39)27(37)21(25(22)35)28(30)38/h4-5,8-9,16,18,20-22,33,39H,3,6-7,10-12H2,1-2H3,(H2,30,38). The molecule has 39 heavy (non-hydrogen) atoms. The zero-order valence-electron chi connectivity index (χ0n) is 21.8. The molecule has 3 aliphatic carbocycles. The summed E-state index contributed by atoms with van der Waals surface area (Å²) in [5, 5.41) is 24.2. The number of fused-ring (bicyclic) bond motifs is 4. The SMILES string of the molecule is CN(C)C1C(=O)C(C(N)=O)C(=O)C2(O)C(=O)C3C(=O)c4c(cc5ccc(CN6CCC6)cc5c4O)CC3CC12. The summed E-state index contributed by atoms with van der Waals surface area (Å²) in [6, 6.07) is 6.50. The number of ketones is 4. The van der Waals surface area contributed by atoms with Crippen molar-refractivity contribution in [2.24, 2.45) is 29.4 Å². The number of carbonyl (C=O) groups is 5. The largest absolute Gasteiger partial charge is 0.507 e. The Morgan fingerprint density at radius 1 is 1.13 bits per heavy atom. The molecule has 6 rings (SSSR count). The predicted octanol–water partition coefficient (Wildman–Crippen LogP) is 0.226. The van der Waals surface area contributed by atoms with Crippen molar-refractivity contribution in [3.8, 4) is 5.75 Å². The van der Waals surface area contributed by atoms with Crippen LogP contribution in [0.5, 0.6) is 5.75 Å². The first kappa shape index (κ1) is 25.8. The molecular weight excluding hydrogens is 502 g/mol. The molecule has 10 heteroatoms. The van der Waals surface area contributed by atoms with Crippen LogP contribution in [0, 0.1) is 23.7 Å². The lowest BCUT2D eigenvalue weighted by Crippen LogP contribution is -2.74. The van der Waals surface area contributed by atoms with E-state index in [4.69, 9.17) is 5.73 Å². The molecule has 0 radical (unpaired) electrons. The van der Waals surface area contributed by atoms with Crippen LogP contribution in [0.25, 0.3) is 10.8 Å². The van der Waals surface area contributed by atoms with Crippen molar-refractivity contribution in [2.45, 2.75) is 37.5 Å². The highest BCUT2D eigenvalue weighted by Crippen LogP contribution is 2.51. The van der Waals surface area contributed by atoms with Gasteiger partial charge in [-0.3, -0.25) is 33.8 Å². The Hall–Kier alpha value is -3.47. The highest BCUT2D eigenvalue weighted by molar-refractivity contribution is 6.32. The third-order valence-electron chi connectivity index (χ3n) is 9.28. The van der Waals surface area contributed by atoms with Crippen LogP contribution in [0.1, 0.15) is 34.3 Å². The monoisotopic (exact) mass is 533 g/mol. The second-order valence-corrected chi connectivity index (χ2v) is 11.7. The van der Waals surface area contributed by atoms with E-state index in [1.165, 1.54) is 4.90 Å². The summed E-state index contributed by atoms with van der Waals surface area (Å²) >= 11 is 0. The average molecular weight is 534 g/mol. The lowest BCUT2D eigenvalue weighted by atomic mass is 9.52. The van der Waals surface area contributed by atoms with E-state index < -0.39 is 64.4 Å². The van der Waals surface area contributed by atoms with Gasteiger partial charge in [0.2, 0.25) is 5.91 Å². The molecule has 4 aliphatic rings. The quantitative estimate of drug-likeness (QED) is 0.468. The number of aromatic hydroxyl groups is 1. The number of primary amides is 1. The molecule has 1 aliphatic heterocycles. The predicted molar refractivity (Wildman–Crippen MR) is 139 cm³/mol. The van der Waals surface area contributed by atoms with Crippen molar-refractivity contribution in [1.82, 2.24) is 9.80 Å². The van der Waals surface area contributed by atoms with E-state index >= 15 is 0 Å². The van der Waals surface area contributed by atoms with E-state index in [1.54, 1.807) is 14.1 Å². The molecule has 3 fully saturated rings. The Bertz CT molecular complexity index is 1480. The number of nitrogens with two attached hydrogens (primary N) is 1. The fourth-order valence-electron chi connectivity index (χ4n) is 7.32. The van der Waals surface area contributed by atoms with E-state index in [2.05, 4.69) is 4.90 Å². The molecule has 6 unspecified atom stereocenters. The molecular formula is C29H31N3O7. The average Bonchev–Trinajstić information content (AvgIpc) is 2.83. The van der Waals surface area contributed by atoms with Crippen molar-refractivity contribution < 1.29 is 34.2 Å². The molecule has 1 amide bonds. The zero-order valence-corrected chi connectivity index (χ0v) is 21.8. The topological polar surface area (TPSA) is 158 Å². The van der Waals surface area contributed by atoms with Gasteiger partial charge in [0.25, 0.3) is 0 Å². The normalized spacial score (nSPS) is 32.6. The molecule has 0 bridgehead atoms.